The summed E-state index contributed by atoms with van der Waals surface area (Å²) in [7, 11) is 1.99. The first kappa shape index (κ1) is 13.2. The Labute approximate surface area is 122 Å². The van der Waals surface area contributed by atoms with Crippen LogP contribution in [0.15, 0.2) is 36.7 Å². The Morgan fingerprint density at radius 2 is 2.05 bits per heavy atom. The Bertz CT molecular complexity index is 743. The van der Waals surface area contributed by atoms with Gasteiger partial charge < -0.3 is 5.32 Å². The van der Waals surface area contributed by atoms with Crippen molar-refractivity contribution in [1.82, 2.24) is 15.3 Å². The first-order valence-corrected chi connectivity index (χ1v) is 7.46. The van der Waals surface area contributed by atoms with Crippen LogP contribution in [0.25, 0.3) is 10.8 Å². The van der Waals surface area contributed by atoms with Crippen molar-refractivity contribution in [3.63, 3.8) is 0 Å². The van der Waals surface area contributed by atoms with Crippen LogP contribution in [-0.2, 0) is 0 Å². The monoisotopic (exact) mass is 283 g/mol. The number of rotatable bonds is 3. The van der Waals surface area contributed by atoms with Crippen LogP contribution in [0.3, 0.4) is 0 Å². The lowest BCUT2D eigenvalue weighted by Gasteiger charge is -2.17. The van der Waals surface area contributed by atoms with Gasteiger partial charge in [-0.3, -0.25) is 4.98 Å². The Hall–Kier alpha value is -1.78. The molecule has 0 spiro atoms. The van der Waals surface area contributed by atoms with E-state index >= 15 is 0 Å². The van der Waals surface area contributed by atoms with Crippen molar-refractivity contribution in [2.24, 2.45) is 0 Å². The van der Waals surface area contributed by atoms with E-state index in [4.69, 9.17) is 0 Å². The van der Waals surface area contributed by atoms with E-state index in [1.807, 2.05) is 19.4 Å². The third kappa shape index (κ3) is 2.21. The molecule has 0 saturated carbocycles. The van der Waals surface area contributed by atoms with Crippen LogP contribution in [0.1, 0.15) is 27.2 Å². The number of thiazole rings is 1. The summed E-state index contributed by atoms with van der Waals surface area (Å²) in [6.45, 7) is 4.13. The van der Waals surface area contributed by atoms with Crippen LogP contribution >= 0.6 is 11.3 Å². The topological polar surface area (TPSA) is 37.8 Å². The highest BCUT2D eigenvalue weighted by Crippen LogP contribution is 2.33. The molecule has 2 heterocycles. The molecule has 3 aromatic rings. The molecule has 102 valence electrons. The molecule has 1 atom stereocenters. The van der Waals surface area contributed by atoms with Gasteiger partial charge in [-0.1, -0.05) is 18.2 Å². The third-order valence-electron chi connectivity index (χ3n) is 3.52. The molecule has 4 heteroatoms. The lowest BCUT2D eigenvalue weighted by atomic mass is 9.98. The van der Waals surface area contributed by atoms with Crippen LogP contribution in [0.2, 0.25) is 0 Å². The largest absolute Gasteiger partial charge is 0.309 e. The highest BCUT2D eigenvalue weighted by atomic mass is 32.1. The molecule has 3 nitrogen and oxygen atoms in total. The van der Waals surface area contributed by atoms with E-state index in [9.17, 15) is 0 Å². The summed E-state index contributed by atoms with van der Waals surface area (Å²) in [4.78, 5) is 10.1. The molecule has 0 amide bonds. The Kier molecular flexibility index (Phi) is 3.51. The summed E-state index contributed by atoms with van der Waals surface area (Å²) in [6.07, 6.45) is 3.78. The first-order valence-electron chi connectivity index (χ1n) is 6.64. The van der Waals surface area contributed by atoms with E-state index in [0.717, 1.165) is 10.7 Å². The molecule has 0 aliphatic carbocycles. The molecule has 0 radical (unpaired) electrons. The van der Waals surface area contributed by atoms with E-state index in [2.05, 4.69) is 53.4 Å². The second-order valence-corrected chi connectivity index (χ2v) is 6.08. The van der Waals surface area contributed by atoms with Gasteiger partial charge in [0.1, 0.15) is 0 Å². The quantitative estimate of drug-likeness (QED) is 0.798. The van der Waals surface area contributed by atoms with Crippen molar-refractivity contribution in [1.29, 1.82) is 0 Å². The second-order valence-electron chi connectivity index (χ2n) is 4.85. The molecule has 2 aromatic heterocycles. The lowest BCUT2D eigenvalue weighted by molar-refractivity contribution is 0.702. The zero-order valence-electron chi connectivity index (χ0n) is 11.8. The molecule has 1 aromatic carbocycles. The maximum absolute atomic E-state index is 4.55. The predicted molar refractivity (Wildman–Crippen MR) is 84.2 cm³/mol. The van der Waals surface area contributed by atoms with Gasteiger partial charge in [0.15, 0.2) is 0 Å². The van der Waals surface area contributed by atoms with E-state index in [0.29, 0.717) is 0 Å². The minimum absolute atomic E-state index is 0.161. The molecular formula is C16H17N3S. The molecule has 20 heavy (non-hydrogen) atoms. The fraction of sp³-hybridized carbons (Fsp3) is 0.250. The second kappa shape index (κ2) is 5.31. The van der Waals surface area contributed by atoms with Gasteiger partial charge >= 0.3 is 0 Å². The number of hydrogen-bond donors (Lipinski definition) is 1. The Morgan fingerprint density at radius 3 is 2.75 bits per heavy atom. The van der Waals surface area contributed by atoms with E-state index < -0.39 is 0 Å². The van der Waals surface area contributed by atoms with Gasteiger partial charge in [0.25, 0.3) is 0 Å². The predicted octanol–water partition coefficient (Wildman–Crippen LogP) is 3.62. The summed E-state index contributed by atoms with van der Waals surface area (Å²) in [6, 6.07) is 8.60. The van der Waals surface area contributed by atoms with Gasteiger partial charge in [-0.25, -0.2) is 4.98 Å². The van der Waals surface area contributed by atoms with E-state index in [1.54, 1.807) is 11.3 Å². The number of aryl methyl sites for hydroxylation is 2. The van der Waals surface area contributed by atoms with Crippen molar-refractivity contribution in [2.75, 3.05) is 7.05 Å². The van der Waals surface area contributed by atoms with Crippen molar-refractivity contribution in [2.45, 2.75) is 19.9 Å². The van der Waals surface area contributed by atoms with Gasteiger partial charge in [0.2, 0.25) is 0 Å². The summed E-state index contributed by atoms with van der Waals surface area (Å²) in [5.41, 5.74) is 2.36. The number of hydrogen-bond acceptors (Lipinski definition) is 4. The maximum Gasteiger partial charge on any atom is 0.0900 e. The zero-order valence-corrected chi connectivity index (χ0v) is 12.7. The van der Waals surface area contributed by atoms with Crippen LogP contribution in [0.4, 0.5) is 0 Å². The van der Waals surface area contributed by atoms with Crippen LogP contribution < -0.4 is 5.32 Å². The fourth-order valence-corrected chi connectivity index (χ4v) is 3.69. The van der Waals surface area contributed by atoms with Crippen LogP contribution in [-0.4, -0.2) is 17.0 Å². The third-order valence-corrected chi connectivity index (χ3v) is 4.66. The molecule has 3 rings (SSSR count). The van der Waals surface area contributed by atoms with Gasteiger partial charge in [-0.2, -0.15) is 0 Å². The fourth-order valence-electron chi connectivity index (χ4n) is 2.63. The summed E-state index contributed by atoms with van der Waals surface area (Å²) < 4.78 is 0. The standard InChI is InChI=1S/C16H17N3S/c1-10-16(20-11(2)19-10)15(17-3)13-6-4-5-12-7-8-18-9-14(12)13/h4-9,15,17H,1-3H3. The molecule has 0 aliphatic heterocycles. The highest BCUT2D eigenvalue weighted by molar-refractivity contribution is 7.11. The SMILES string of the molecule is CNC(c1sc(C)nc1C)c1cccc2ccncc12. The minimum atomic E-state index is 0.161. The first-order chi connectivity index (χ1) is 9.70. The Balaban J connectivity index is 2.19. The smallest absolute Gasteiger partial charge is 0.0900 e. The highest BCUT2D eigenvalue weighted by Gasteiger charge is 2.19. The van der Waals surface area contributed by atoms with Crippen molar-refractivity contribution < 1.29 is 0 Å². The molecule has 1 unspecified atom stereocenters. The van der Waals surface area contributed by atoms with Gasteiger partial charge in [-0.15, -0.1) is 11.3 Å². The Morgan fingerprint density at radius 1 is 1.20 bits per heavy atom. The normalized spacial score (nSPS) is 12.8. The van der Waals surface area contributed by atoms with E-state index in [1.165, 1.54) is 21.2 Å². The van der Waals surface area contributed by atoms with Crippen LogP contribution in [0, 0.1) is 13.8 Å². The number of nitrogens with one attached hydrogen (secondary N) is 1. The van der Waals surface area contributed by atoms with Crippen LogP contribution in [0.5, 0.6) is 0 Å². The summed E-state index contributed by atoms with van der Waals surface area (Å²) in [5, 5.41) is 6.94. The average molecular weight is 283 g/mol. The van der Waals surface area contributed by atoms with E-state index in [-0.39, 0.29) is 6.04 Å². The number of benzene rings is 1. The molecule has 0 fully saturated rings. The number of aromatic nitrogens is 2. The molecular weight excluding hydrogens is 266 g/mol. The van der Waals surface area contributed by atoms with Crippen molar-refractivity contribution in [3.8, 4) is 0 Å². The van der Waals surface area contributed by atoms with Gasteiger partial charge in [0, 0.05) is 22.7 Å². The van der Waals surface area contributed by atoms with Crippen molar-refractivity contribution >= 4 is 22.1 Å². The lowest BCUT2D eigenvalue weighted by Crippen LogP contribution is -2.17. The van der Waals surface area contributed by atoms with Gasteiger partial charge in [-0.05, 0) is 37.9 Å². The molecule has 0 aliphatic rings. The summed E-state index contributed by atoms with van der Waals surface area (Å²) in [5.74, 6) is 0. The average Bonchev–Trinajstić information content (AvgIpc) is 2.79. The zero-order chi connectivity index (χ0) is 14.1. The number of pyridine rings is 1. The van der Waals surface area contributed by atoms with Gasteiger partial charge in [0.05, 0.1) is 16.7 Å². The molecule has 0 bridgehead atoms. The van der Waals surface area contributed by atoms with Crippen molar-refractivity contribution in [3.05, 3.63) is 57.8 Å². The maximum atomic E-state index is 4.55. The summed E-state index contributed by atoms with van der Waals surface area (Å²) >= 11 is 1.76. The molecule has 0 saturated heterocycles. The number of nitrogens with zero attached hydrogens (tertiary/aromatic N) is 2. The minimum Gasteiger partial charge on any atom is -0.309 e. The molecule has 1 N–H and O–H groups in total. The number of fused-ring (bicyclic) bond motifs is 1.